The Morgan fingerprint density at radius 2 is 2.00 bits per heavy atom. The molecule has 0 fully saturated rings. The van der Waals surface area contributed by atoms with Gasteiger partial charge in [-0.05, 0) is 39.2 Å². The Bertz CT molecular complexity index is 365. The van der Waals surface area contributed by atoms with Gasteiger partial charge in [-0.25, -0.2) is 9.97 Å². The minimum atomic E-state index is -0.214. The molecule has 0 amide bonds. The Hall–Kier alpha value is -1.08. The van der Waals surface area contributed by atoms with Crippen molar-refractivity contribution >= 4 is 11.8 Å². The lowest BCUT2D eigenvalue weighted by Gasteiger charge is -2.13. The maximum absolute atomic E-state index is 8.86. The maximum atomic E-state index is 8.86. The van der Waals surface area contributed by atoms with Gasteiger partial charge in [-0.2, -0.15) is 5.26 Å². The third-order valence-corrected chi connectivity index (χ3v) is 3.20. The summed E-state index contributed by atoms with van der Waals surface area (Å²) in [5.41, 5.74) is 0.865. The standard InChI is InChI=1S/C12H17N3S/c1-10-7-14-11(15-8-10)16-6-4-5-12(2,3)9-13/h7-8H,4-6H2,1-3H3. The summed E-state index contributed by atoms with van der Waals surface area (Å²) in [7, 11) is 0. The van der Waals surface area contributed by atoms with E-state index in [2.05, 4.69) is 16.0 Å². The van der Waals surface area contributed by atoms with Gasteiger partial charge in [-0.1, -0.05) is 11.8 Å². The summed E-state index contributed by atoms with van der Waals surface area (Å²) in [6, 6.07) is 2.31. The molecule has 0 aromatic carbocycles. The van der Waals surface area contributed by atoms with Gasteiger partial charge in [-0.15, -0.1) is 0 Å². The predicted octanol–water partition coefficient (Wildman–Crippen LogP) is 3.21. The van der Waals surface area contributed by atoms with Crippen molar-refractivity contribution in [1.82, 2.24) is 9.97 Å². The van der Waals surface area contributed by atoms with E-state index in [0.29, 0.717) is 0 Å². The largest absolute Gasteiger partial charge is 0.231 e. The Morgan fingerprint density at radius 3 is 2.56 bits per heavy atom. The van der Waals surface area contributed by atoms with E-state index in [0.717, 1.165) is 29.3 Å². The number of nitrogens with zero attached hydrogens (tertiary/aromatic N) is 3. The molecule has 0 unspecified atom stereocenters. The molecule has 1 aromatic rings. The molecule has 0 radical (unpaired) electrons. The molecule has 0 spiro atoms. The van der Waals surface area contributed by atoms with E-state index >= 15 is 0 Å². The van der Waals surface area contributed by atoms with Gasteiger partial charge in [0.2, 0.25) is 0 Å². The number of nitriles is 1. The van der Waals surface area contributed by atoms with Gasteiger partial charge < -0.3 is 0 Å². The molecule has 0 atom stereocenters. The molecule has 0 aliphatic rings. The fourth-order valence-corrected chi connectivity index (χ4v) is 1.91. The summed E-state index contributed by atoms with van der Waals surface area (Å²) in [6.07, 6.45) is 5.59. The molecule has 16 heavy (non-hydrogen) atoms. The highest BCUT2D eigenvalue weighted by Gasteiger charge is 2.15. The second kappa shape index (κ2) is 5.86. The first-order valence-corrected chi connectivity index (χ1v) is 6.35. The lowest BCUT2D eigenvalue weighted by atomic mass is 9.90. The highest BCUT2D eigenvalue weighted by molar-refractivity contribution is 7.99. The summed E-state index contributed by atoms with van der Waals surface area (Å²) in [5, 5.41) is 9.68. The molecular formula is C12H17N3S. The van der Waals surface area contributed by atoms with Crippen LogP contribution in [0, 0.1) is 23.7 Å². The van der Waals surface area contributed by atoms with Crippen molar-refractivity contribution in [3.05, 3.63) is 18.0 Å². The van der Waals surface area contributed by atoms with Crippen LogP contribution in [0.2, 0.25) is 0 Å². The van der Waals surface area contributed by atoms with Crippen LogP contribution in [0.5, 0.6) is 0 Å². The van der Waals surface area contributed by atoms with Gasteiger partial charge in [0.25, 0.3) is 0 Å². The monoisotopic (exact) mass is 235 g/mol. The van der Waals surface area contributed by atoms with Crippen molar-refractivity contribution in [3.8, 4) is 6.07 Å². The molecule has 3 nitrogen and oxygen atoms in total. The van der Waals surface area contributed by atoms with Crippen LogP contribution in [0.15, 0.2) is 17.6 Å². The first-order chi connectivity index (χ1) is 7.53. The van der Waals surface area contributed by atoms with E-state index in [4.69, 9.17) is 5.26 Å². The molecule has 1 heterocycles. The van der Waals surface area contributed by atoms with Gasteiger partial charge in [0, 0.05) is 18.1 Å². The summed E-state index contributed by atoms with van der Waals surface area (Å²) in [6.45, 7) is 5.92. The summed E-state index contributed by atoms with van der Waals surface area (Å²) < 4.78 is 0. The molecule has 0 aliphatic heterocycles. The lowest BCUT2D eigenvalue weighted by molar-refractivity contribution is 0.447. The molecule has 86 valence electrons. The molecule has 0 saturated carbocycles. The number of aromatic nitrogens is 2. The molecule has 4 heteroatoms. The quantitative estimate of drug-likeness (QED) is 0.447. The molecule has 1 aromatic heterocycles. The van der Waals surface area contributed by atoms with E-state index in [9.17, 15) is 0 Å². The van der Waals surface area contributed by atoms with Gasteiger partial charge in [0.15, 0.2) is 5.16 Å². The lowest BCUT2D eigenvalue weighted by Crippen LogP contribution is -2.07. The van der Waals surface area contributed by atoms with Crippen LogP contribution in [-0.2, 0) is 0 Å². The van der Waals surface area contributed by atoms with Crippen LogP contribution in [-0.4, -0.2) is 15.7 Å². The number of hydrogen-bond acceptors (Lipinski definition) is 4. The third-order valence-electron chi connectivity index (χ3n) is 2.24. The zero-order valence-electron chi connectivity index (χ0n) is 10.0. The van der Waals surface area contributed by atoms with Crippen LogP contribution in [0.25, 0.3) is 0 Å². The average Bonchev–Trinajstić information content (AvgIpc) is 2.27. The zero-order valence-corrected chi connectivity index (χ0v) is 10.8. The Morgan fingerprint density at radius 1 is 1.38 bits per heavy atom. The van der Waals surface area contributed by atoms with Crippen LogP contribution < -0.4 is 0 Å². The minimum absolute atomic E-state index is 0.214. The zero-order chi connectivity index (χ0) is 12.0. The summed E-state index contributed by atoms with van der Waals surface area (Å²) in [5.74, 6) is 0.966. The Kier molecular flexibility index (Phi) is 4.75. The topological polar surface area (TPSA) is 49.6 Å². The van der Waals surface area contributed by atoms with E-state index in [1.165, 1.54) is 0 Å². The van der Waals surface area contributed by atoms with Gasteiger partial charge >= 0.3 is 0 Å². The average molecular weight is 235 g/mol. The number of rotatable bonds is 5. The number of hydrogen-bond donors (Lipinski definition) is 0. The molecule has 0 saturated heterocycles. The second-order valence-electron chi connectivity index (χ2n) is 4.49. The normalized spacial score (nSPS) is 11.1. The Labute approximate surface area is 101 Å². The van der Waals surface area contributed by atoms with E-state index in [-0.39, 0.29) is 5.41 Å². The molecule has 0 N–H and O–H groups in total. The molecule has 1 rings (SSSR count). The van der Waals surface area contributed by atoms with Crippen LogP contribution in [0.4, 0.5) is 0 Å². The van der Waals surface area contributed by atoms with Crippen LogP contribution in [0.1, 0.15) is 32.3 Å². The van der Waals surface area contributed by atoms with Gasteiger partial charge in [0.1, 0.15) is 0 Å². The van der Waals surface area contributed by atoms with Crippen molar-refractivity contribution in [2.45, 2.75) is 38.8 Å². The van der Waals surface area contributed by atoms with E-state index in [1.54, 1.807) is 11.8 Å². The van der Waals surface area contributed by atoms with Crippen molar-refractivity contribution in [2.24, 2.45) is 5.41 Å². The first-order valence-electron chi connectivity index (χ1n) is 5.36. The molecule has 0 bridgehead atoms. The molecule has 0 aliphatic carbocycles. The smallest absolute Gasteiger partial charge is 0.187 e. The van der Waals surface area contributed by atoms with Gasteiger partial charge in [0.05, 0.1) is 11.5 Å². The summed E-state index contributed by atoms with van der Waals surface area (Å²) >= 11 is 1.65. The van der Waals surface area contributed by atoms with Crippen molar-refractivity contribution in [2.75, 3.05) is 5.75 Å². The minimum Gasteiger partial charge on any atom is -0.231 e. The number of thioether (sulfide) groups is 1. The highest BCUT2D eigenvalue weighted by Crippen LogP contribution is 2.23. The SMILES string of the molecule is Cc1cnc(SCCCC(C)(C)C#N)nc1. The van der Waals surface area contributed by atoms with Crippen LogP contribution >= 0.6 is 11.8 Å². The maximum Gasteiger partial charge on any atom is 0.187 e. The second-order valence-corrected chi connectivity index (χ2v) is 5.55. The summed E-state index contributed by atoms with van der Waals surface area (Å²) in [4.78, 5) is 8.44. The molecular weight excluding hydrogens is 218 g/mol. The van der Waals surface area contributed by atoms with Crippen molar-refractivity contribution < 1.29 is 0 Å². The first kappa shape index (κ1) is 13.0. The fraction of sp³-hybridized carbons (Fsp3) is 0.583. The van der Waals surface area contributed by atoms with E-state index < -0.39 is 0 Å². The van der Waals surface area contributed by atoms with Crippen molar-refractivity contribution in [3.63, 3.8) is 0 Å². The van der Waals surface area contributed by atoms with E-state index in [1.807, 2.05) is 33.2 Å². The number of aryl methyl sites for hydroxylation is 1. The van der Waals surface area contributed by atoms with Crippen LogP contribution in [0.3, 0.4) is 0 Å². The van der Waals surface area contributed by atoms with Crippen molar-refractivity contribution in [1.29, 1.82) is 5.26 Å². The highest BCUT2D eigenvalue weighted by atomic mass is 32.2. The Balaban J connectivity index is 2.27. The van der Waals surface area contributed by atoms with Gasteiger partial charge in [-0.3, -0.25) is 0 Å². The fourth-order valence-electron chi connectivity index (χ4n) is 1.19. The third kappa shape index (κ3) is 4.63. The predicted molar refractivity (Wildman–Crippen MR) is 66.1 cm³/mol.